The molecule has 25 heavy (non-hydrogen) atoms. The van der Waals surface area contributed by atoms with Gasteiger partial charge in [-0.1, -0.05) is 12.1 Å². The zero-order valence-electron chi connectivity index (χ0n) is 14.5. The normalized spacial score (nSPS) is 15.2. The van der Waals surface area contributed by atoms with Crippen molar-refractivity contribution in [1.82, 2.24) is 14.5 Å². The number of hydrogen-bond donors (Lipinski definition) is 1. The van der Waals surface area contributed by atoms with Gasteiger partial charge < -0.3 is 10.6 Å². The fourth-order valence-corrected chi connectivity index (χ4v) is 3.29. The monoisotopic (exact) mass is 364 g/mol. The van der Waals surface area contributed by atoms with Crippen LogP contribution < -0.4 is 11.3 Å². The predicted octanol–water partition coefficient (Wildman–Crippen LogP) is 1.71. The Bertz CT molecular complexity index is 797. The van der Waals surface area contributed by atoms with Crippen molar-refractivity contribution in [3.63, 3.8) is 0 Å². The molecule has 0 radical (unpaired) electrons. The lowest BCUT2D eigenvalue weighted by molar-refractivity contribution is -0.132. The van der Waals surface area contributed by atoms with E-state index < -0.39 is 0 Å². The molecule has 0 unspecified atom stereocenters. The van der Waals surface area contributed by atoms with Crippen molar-refractivity contribution >= 4 is 29.2 Å². The third-order valence-electron chi connectivity index (χ3n) is 4.92. The van der Waals surface area contributed by atoms with Gasteiger partial charge in [0.15, 0.2) is 0 Å². The van der Waals surface area contributed by atoms with Gasteiger partial charge in [-0.15, -0.1) is 12.4 Å². The molecule has 1 aliphatic heterocycles. The Kier molecular flexibility index (Phi) is 6.56. The minimum absolute atomic E-state index is 0. The van der Waals surface area contributed by atoms with Gasteiger partial charge in [0, 0.05) is 26.1 Å². The van der Waals surface area contributed by atoms with Gasteiger partial charge in [-0.3, -0.25) is 14.2 Å². The van der Waals surface area contributed by atoms with Crippen LogP contribution in [0.15, 0.2) is 29.3 Å². The van der Waals surface area contributed by atoms with Crippen LogP contribution in [0, 0.1) is 12.8 Å². The molecule has 1 aliphatic rings. The first-order chi connectivity index (χ1) is 11.6. The van der Waals surface area contributed by atoms with Crippen molar-refractivity contribution in [1.29, 1.82) is 0 Å². The summed E-state index contributed by atoms with van der Waals surface area (Å²) >= 11 is 0. The lowest BCUT2D eigenvalue weighted by Gasteiger charge is -2.31. The molecule has 1 amide bonds. The molecule has 1 fully saturated rings. The standard InChI is InChI=1S/C18H24N4O2.ClH/c1-13-3-2-4-15-17(13)20-12-22(18(15)24)10-7-16(23)21-8-5-14(11-19)6-9-21;/h2-4,12,14H,5-11,19H2,1H3;1H. The highest BCUT2D eigenvalue weighted by Gasteiger charge is 2.21. The number of hydrogen-bond acceptors (Lipinski definition) is 4. The maximum absolute atomic E-state index is 12.5. The molecule has 1 aromatic carbocycles. The Labute approximate surface area is 153 Å². The smallest absolute Gasteiger partial charge is 0.261 e. The Morgan fingerprint density at radius 2 is 2.04 bits per heavy atom. The summed E-state index contributed by atoms with van der Waals surface area (Å²) in [5.41, 5.74) is 7.31. The molecule has 2 aromatic rings. The SMILES string of the molecule is Cc1cccc2c(=O)n(CCC(=O)N3CCC(CN)CC3)cnc12.Cl. The maximum Gasteiger partial charge on any atom is 0.261 e. The van der Waals surface area contributed by atoms with Gasteiger partial charge in [0.05, 0.1) is 17.2 Å². The van der Waals surface area contributed by atoms with Crippen LogP contribution in [-0.4, -0.2) is 40.0 Å². The number of carbonyl (C=O) groups is 1. The molecule has 2 heterocycles. The zero-order chi connectivity index (χ0) is 17.1. The van der Waals surface area contributed by atoms with E-state index in [1.165, 1.54) is 4.57 Å². The number of aryl methyl sites for hydroxylation is 2. The molecule has 1 aromatic heterocycles. The minimum Gasteiger partial charge on any atom is -0.343 e. The minimum atomic E-state index is -0.0849. The summed E-state index contributed by atoms with van der Waals surface area (Å²) in [6.45, 7) is 4.54. The first-order valence-electron chi connectivity index (χ1n) is 8.52. The number of aromatic nitrogens is 2. The van der Waals surface area contributed by atoms with Crippen molar-refractivity contribution < 1.29 is 4.79 Å². The summed E-state index contributed by atoms with van der Waals surface area (Å²) in [5, 5.41) is 0.605. The molecule has 0 atom stereocenters. The first kappa shape index (κ1) is 19.4. The number of likely N-dealkylation sites (tertiary alicyclic amines) is 1. The molecule has 1 saturated heterocycles. The quantitative estimate of drug-likeness (QED) is 0.895. The van der Waals surface area contributed by atoms with E-state index in [-0.39, 0.29) is 23.9 Å². The van der Waals surface area contributed by atoms with E-state index in [1.807, 2.05) is 24.0 Å². The number of para-hydroxylation sites is 1. The fraction of sp³-hybridized carbons (Fsp3) is 0.500. The second-order valence-corrected chi connectivity index (χ2v) is 6.52. The van der Waals surface area contributed by atoms with Gasteiger partial charge in [0.2, 0.25) is 5.91 Å². The highest BCUT2D eigenvalue weighted by atomic mass is 35.5. The van der Waals surface area contributed by atoms with Crippen molar-refractivity contribution in [2.24, 2.45) is 11.7 Å². The Balaban J connectivity index is 0.00000225. The lowest BCUT2D eigenvalue weighted by Crippen LogP contribution is -2.40. The molecule has 7 heteroatoms. The van der Waals surface area contributed by atoms with E-state index in [0.29, 0.717) is 30.8 Å². The highest BCUT2D eigenvalue weighted by molar-refractivity contribution is 5.85. The highest BCUT2D eigenvalue weighted by Crippen LogP contribution is 2.16. The fourth-order valence-electron chi connectivity index (χ4n) is 3.29. The molecule has 3 rings (SSSR count). The average molecular weight is 365 g/mol. The molecule has 6 nitrogen and oxygen atoms in total. The van der Waals surface area contributed by atoms with Crippen LogP contribution in [0.4, 0.5) is 0 Å². The second kappa shape index (κ2) is 8.45. The van der Waals surface area contributed by atoms with Crippen LogP contribution >= 0.6 is 12.4 Å². The molecule has 0 saturated carbocycles. The number of piperidine rings is 1. The Morgan fingerprint density at radius 1 is 1.32 bits per heavy atom. The first-order valence-corrected chi connectivity index (χ1v) is 8.52. The van der Waals surface area contributed by atoms with E-state index in [2.05, 4.69) is 4.98 Å². The van der Waals surface area contributed by atoms with Gasteiger partial charge in [0.25, 0.3) is 5.56 Å². The molecule has 0 aliphatic carbocycles. The molecule has 0 spiro atoms. The zero-order valence-corrected chi connectivity index (χ0v) is 15.3. The number of amides is 1. The van der Waals surface area contributed by atoms with Crippen LogP contribution in [0.2, 0.25) is 0 Å². The van der Waals surface area contributed by atoms with E-state index in [0.717, 1.165) is 37.0 Å². The van der Waals surface area contributed by atoms with Crippen molar-refractivity contribution in [2.45, 2.75) is 32.7 Å². The maximum atomic E-state index is 12.5. The van der Waals surface area contributed by atoms with E-state index in [1.54, 1.807) is 12.4 Å². The van der Waals surface area contributed by atoms with Crippen LogP contribution in [0.5, 0.6) is 0 Å². The van der Waals surface area contributed by atoms with Crippen molar-refractivity contribution in [3.8, 4) is 0 Å². The summed E-state index contributed by atoms with van der Waals surface area (Å²) < 4.78 is 1.53. The van der Waals surface area contributed by atoms with Gasteiger partial charge >= 0.3 is 0 Å². The van der Waals surface area contributed by atoms with Crippen molar-refractivity contribution in [3.05, 3.63) is 40.4 Å². The predicted molar refractivity (Wildman–Crippen MR) is 101 cm³/mol. The molecular formula is C18H25ClN4O2. The van der Waals surface area contributed by atoms with Gasteiger partial charge in [0.1, 0.15) is 0 Å². The summed E-state index contributed by atoms with van der Waals surface area (Å²) in [6.07, 6.45) is 3.82. The average Bonchev–Trinajstić information content (AvgIpc) is 2.61. The summed E-state index contributed by atoms with van der Waals surface area (Å²) in [5.74, 6) is 0.631. The largest absolute Gasteiger partial charge is 0.343 e. The number of carbonyl (C=O) groups excluding carboxylic acids is 1. The Hall–Kier alpha value is -1.92. The van der Waals surface area contributed by atoms with Crippen LogP contribution in [-0.2, 0) is 11.3 Å². The third kappa shape index (κ3) is 4.19. The summed E-state index contributed by atoms with van der Waals surface area (Å²) in [7, 11) is 0. The van der Waals surface area contributed by atoms with Gasteiger partial charge in [-0.05, 0) is 43.9 Å². The Morgan fingerprint density at radius 3 is 2.72 bits per heavy atom. The van der Waals surface area contributed by atoms with Crippen LogP contribution in [0.1, 0.15) is 24.8 Å². The number of nitrogens with two attached hydrogens (primary N) is 1. The number of benzene rings is 1. The molecule has 136 valence electrons. The van der Waals surface area contributed by atoms with Crippen molar-refractivity contribution in [2.75, 3.05) is 19.6 Å². The van der Waals surface area contributed by atoms with Crippen LogP contribution in [0.25, 0.3) is 10.9 Å². The molecule has 0 bridgehead atoms. The topological polar surface area (TPSA) is 81.2 Å². The summed E-state index contributed by atoms with van der Waals surface area (Å²) in [6, 6.07) is 5.58. The van der Waals surface area contributed by atoms with E-state index >= 15 is 0 Å². The third-order valence-corrected chi connectivity index (χ3v) is 4.92. The number of nitrogens with zero attached hydrogens (tertiary/aromatic N) is 3. The van der Waals surface area contributed by atoms with Gasteiger partial charge in [-0.2, -0.15) is 0 Å². The van der Waals surface area contributed by atoms with E-state index in [9.17, 15) is 9.59 Å². The molecular weight excluding hydrogens is 340 g/mol. The number of fused-ring (bicyclic) bond motifs is 1. The lowest BCUT2D eigenvalue weighted by atomic mass is 9.97. The summed E-state index contributed by atoms with van der Waals surface area (Å²) in [4.78, 5) is 31.2. The van der Waals surface area contributed by atoms with Crippen LogP contribution in [0.3, 0.4) is 0 Å². The number of rotatable bonds is 4. The molecule has 2 N–H and O–H groups in total. The van der Waals surface area contributed by atoms with Gasteiger partial charge in [-0.25, -0.2) is 4.98 Å². The number of halogens is 1. The van der Waals surface area contributed by atoms with E-state index in [4.69, 9.17) is 5.73 Å². The second-order valence-electron chi connectivity index (χ2n) is 6.52.